The smallest absolute Gasteiger partial charge is 0.113 e. The molecule has 0 aliphatic rings. The van der Waals surface area contributed by atoms with Crippen LogP contribution in [0.4, 0.5) is 0 Å². The third-order valence-corrected chi connectivity index (χ3v) is 1.76. The summed E-state index contributed by atoms with van der Waals surface area (Å²) >= 11 is 0. The molecule has 2 aromatic rings. The summed E-state index contributed by atoms with van der Waals surface area (Å²) in [4.78, 5) is 0. The molecule has 2 N–H and O–H groups in total. The fourth-order valence-electron chi connectivity index (χ4n) is 1.20. The quantitative estimate of drug-likeness (QED) is 0.695. The van der Waals surface area contributed by atoms with Crippen molar-refractivity contribution in [1.29, 1.82) is 0 Å². The second-order valence-corrected chi connectivity index (χ2v) is 2.59. The topological polar surface area (TPSA) is 56.7 Å². The second kappa shape index (κ2) is 2.91. The highest BCUT2D eigenvalue weighted by Gasteiger charge is 2.00. The SMILES string of the molecule is NCCn1nnc2ccccc21. The highest BCUT2D eigenvalue weighted by molar-refractivity contribution is 5.73. The van der Waals surface area contributed by atoms with E-state index in [2.05, 4.69) is 10.3 Å². The van der Waals surface area contributed by atoms with Crippen LogP contribution in [-0.4, -0.2) is 21.5 Å². The molecule has 1 aromatic carbocycles. The Bertz CT molecular complexity index is 379. The summed E-state index contributed by atoms with van der Waals surface area (Å²) < 4.78 is 1.81. The first-order chi connectivity index (χ1) is 5.92. The maximum absolute atomic E-state index is 5.42. The average Bonchev–Trinajstić information content (AvgIpc) is 2.50. The van der Waals surface area contributed by atoms with Crippen LogP contribution in [0.25, 0.3) is 11.0 Å². The number of para-hydroxylation sites is 1. The zero-order valence-corrected chi connectivity index (χ0v) is 6.64. The van der Waals surface area contributed by atoms with Crippen LogP contribution in [0.15, 0.2) is 24.3 Å². The van der Waals surface area contributed by atoms with Crippen LogP contribution in [0.3, 0.4) is 0 Å². The van der Waals surface area contributed by atoms with E-state index in [1.807, 2.05) is 28.9 Å². The van der Waals surface area contributed by atoms with Crippen LogP contribution in [-0.2, 0) is 6.54 Å². The Hall–Kier alpha value is -1.42. The monoisotopic (exact) mass is 162 g/mol. The van der Waals surface area contributed by atoms with Crippen molar-refractivity contribution >= 4 is 11.0 Å². The van der Waals surface area contributed by atoms with Crippen molar-refractivity contribution in [3.8, 4) is 0 Å². The molecule has 2 rings (SSSR count). The van der Waals surface area contributed by atoms with Crippen LogP contribution in [0.5, 0.6) is 0 Å². The number of hydrogen-bond acceptors (Lipinski definition) is 3. The van der Waals surface area contributed by atoms with Crippen molar-refractivity contribution < 1.29 is 0 Å². The normalized spacial score (nSPS) is 10.8. The molecule has 4 heteroatoms. The van der Waals surface area contributed by atoms with E-state index in [1.165, 1.54) is 0 Å². The molecule has 0 atom stereocenters. The van der Waals surface area contributed by atoms with Crippen LogP contribution < -0.4 is 5.73 Å². The Balaban J connectivity index is 2.55. The van der Waals surface area contributed by atoms with Gasteiger partial charge in [0.05, 0.1) is 12.1 Å². The summed E-state index contributed by atoms with van der Waals surface area (Å²) in [5.74, 6) is 0. The molecule has 0 fully saturated rings. The molecule has 0 amide bonds. The molecule has 0 bridgehead atoms. The Kier molecular flexibility index (Phi) is 1.75. The van der Waals surface area contributed by atoms with Gasteiger partial charge in [-0.05, 0) is 12.1 Å². The standard InChI is InChI=1S/C8H10N4/c9-5-6-12-8-4-2-1-3-7(8)10-11-12/h1-4H,5-6,9H2. The Morgan fingerprint density at radius 2 is 2.17 bits per heavy atom. The highest BCUT2D eigenvalue weighted by Crippen LogP contribution is 2.08. The number of nitrogens with two attached hydrogens (primary N) is 1. The molecule has 0 unspecified atom stereocenters. The van der Waals surface area contributed by atoms with Gasteiger partial charge in [-0.3, -0.25) is 0 Å². The summed E-state index contributed by atoms with van der Waals surface area (Å²) in [6.07, 6.45) is 0. The van der Waals surface area contributed by atoms with Crippen LogP contribution in [0, 0.1) is 0 Å². The zero-order chi connectivity index (χ0) is 8.39. The largest absolute Gasteiger partial charge is 0.329 e. The van der Waals surface area contributed by atoms with Gasteiger partial charge in [0, 0.05) is 6.54 Å². The van der Waals surface area contributed by atoms with Crippen molar-refractivity contribution in [2.24, 2.45) is 5.73 Å². The van der Waals surface area contributed by atoms with Crippen molar-refractivity contribution in [3.05, 3.63) is 24.3 Å². The van der Waals surface area contributed by atoms with Gasteiger partial charge < -0.3 is 5.73 Å². The molecule has 1 aromatic heterocycles. The van der Waals surface area contributed by atoms with E-state index < -0.39 is 0 Å². The minimum absolute atomic E-state index is 0.591. The lowest BCUT2D eigenvalue weighted by Crippen LogP contribution is -2.10. The summed E-state index contributed by atoms with van der Waals surface area (Å²) in [5, 5.41) is 7.97. The van der Waals surface area contributed by atoms with E-state index in [4.69, 9.17) is 5.73 Å². The molecule has 0 spiro atoms. The summed E-state index contributed by atoms with van der Waals surface area (Å²) in [6.45, 7) is 1.31. The van der Waals surface area contributed by atoms with E-state index in [0.717, 1.165) is 17.6 Å². The molecular weight excluding hydrogens is 152 g/mol. The molecule has 1 heterocycles. The van der Waals surface area contributed by atoms with Gasteiger partial charge in [0.2, 0.25) is 0 Å². The van der Waals surface area contributed by atoms with Crippen LogP contribution in [0.1, 0.15) is 0 Å². The van der Waals surface area contributed by atoms with Crippen molar-refractivity contribution in [3.63, 3.8) is 0 Å². The third-order valence-electron chi connectivity index (χ3n) is 1.76. The average molecular weight is 162 g/mol. The van der Waals surface area contributed by atoms with Gasteiger partial charge in [0.25, 0.3) is 0 Å². The lowest BCUT2D eigenvalue weighted by atomic mass is 10.3. The van der Waals surface area contributed by atoms with E-state index in [-0.39, 0.29) is 0 Å². The maximum atomic E-state index is 5.42. The number of nitrogens with zero attached hydrogens (tertiary/aromatic N) is 3. The van der Waals surface area contributed by atoms with Gasteiger partial charge in [0.1, 0.15) is 5.52 Å². The third kappa shape index (κ3) is 1.06. The fraction of sp³-hybridized carbons (Fsp3) is 0.250. The van der Waals surface area contributed by atoms with Gasteiger partial charge in [-0.25, -0.2) is 4.68 Å². The van der Waals surface area contributed by atoms with Crippen molar-refractivity contribution in [2.75, 3.05) is 6.54 Å². The van der Waals surface area contributed by atoms with Gasteiger partial charge in [-0.1, -0.05) is 17.3 Å². The number of benzene rings is 1. The predicted octanol–water partition coefficient (Wildman–Crippen LogP) is 0.390. The van der Waals surface area contributed by atoms with Gasteiger partial charge in [-0.15, -0.1) is 5.10 Å². The Labute approximate surface area is 70.0 Å². The second-order valence-electron chi connectivity index (χ2n) is 2.59. The molecular formula is C8H10N4. The van der Waals surface area contributed by atoms with E-state index in [9.17, 15) is 0 Å². The van der Waals surface area contributed by atoms with Gasteiger partial charge in [0.15, 0.2) is 0 Å². The molecule has 0 saturated heterocycles. The van der Waals surface area contributed by atoms with E-state index >= 15 is 0 Å². The highest BCUT2D eigenvalue weighted by atomic mass is 15.4. The first kappa shape index (κ1) is 7.24. The molecule has 12 heavy (non-hydrogen) atoms. The zero-order valence-electron chi connectivity index (χ0n) is 6.64. The number of rotatable bonds is 2. The molecule has 0 radical (unpaired) electrons. The minimum atomic E-state index is 0.591. The van der Waals surface area contributed by atoms with Crippen molar-refractivity contribution in [2.45, 2.75) is 6.54 Å². The lowest BCUT2D eigenvalue weighted by molar-refractivity contribution is 0.616. The molecule has 0 aliphatic heterocycles. The van der Waals surface area contributed by atoms with Crippen molar-refractivity contribution in [1.82, 2.24) is 15.0 Å². The predicted molar refractivity (Wildman–Crippen MR) is 46.6 cm³/mol. The number of hydrogen-bond donors (Lipinski definition) is 1. The molecule has 4 nitrogen and oxygen atoms in total. The Morgan fingerprint density at radius 1 is 1.33 bits per heavy atom. The minimum Gasteiger partial charge on any atom is -0.329 e. The fourth-order valence-corrected chi connectivity index (χ4v) is 1.20. The van der Waals surface area contributed by atoms with Crippen LogP contribution in [0.2, 0.25) is 0 Å². The molecule has 62 valence electrons. The lowest BCUT2D eigenvalue weighted by Gasteiger charge is -1.96. The first-order valence-corrected chi connectivity index (χ1v) is 3.90. The number of fused-ring (bicyclic) bond motifs is 1. The Morgan fingerprint density at radius 3 is 3.00 bits per heavy atom. The molecule has 0 saturated carbocycles. The summed E-state index contributed by atoms with van der Waals surface area (Å²) in [7, 11) is 0. The van der Waals surface area contributed by atoms with Gasteiger partial charge in [-0.2, -0.15) is 0 Å². The maximum Gasteiger partial charge on any atom is 0.113 e. The molecule has 0 aliphatic carbocycles. The van der Waals surface area contributed by atoms with Gasteiger partial charge >= 0.3 is 0 Å². The van der Waals surface area contributed by atoms with E-state index in [0.29, 0.717) is 6.54 Å². The summed E-state index contributed by atoms with van der Waals surface area (Å²) in [5.41, 5.74) is 7.39. The van der Waals surface area contributed by atoms with E-state index in [1.54, 1.807) is 0 Å². The first-order valence-electron chi connectivity index (χ1n) is 3.90. The summed E-state index contributed by atoms with van der Waals surface area (Å²) in [6, 6.07) is 7.85. The number of aromatic nitrogens is 3. The van der Waals surface area contributed by atoms with Crippen LogP contribution >= 0.6 is 0 Å².